The van der Waals surface area contributed by atoms with Crippen molar-refractivity contribution >= 4 is 17.3 Å². The van der Waals surface area contributed by atoms with Gasteiger partial charge >= 0.3 is 0 Å². The Labute approximate surface area is 96.2 Å². The van der Waals surface area contributed by atoms with Crippen molar-refractivity contribution in [1.29, 1.82) is 0 Å². The molecule has 0 aromatic rings. The van der Waals surface area contributed by atoms with Crippen LogP contribution in [0.3, 0.4) is 0 Å². The number of Topliss-reactive ketones (excluding diaryl/α,β-unsaturated/α-hetero) is 2. The van der Waals surface area contributed by atoms with E-state index in [1.54, 1.807) is 0 Å². The molecule has 0 aliphatic rings. The first-order valence-corrected chi connectivity index (χ1v) is 5.24. The van der Waals surface area contributed by atoms with Crippen LogP contribution < -0.4 is 0 Å². The van der Waals surface area contributed by atoms with Crippen molar-refractivity contribution in [1.82, 2.24) is 0 Å². The lowest BCUT2D eigenvalue weighted by molar-refractivity contribution is -0.121. The van der Waals surface area contributed by atoms with Gasteiger partial charge in [-0.05, 0) is 40.2 Å². The number of allylic oxidation sites excluding steroid dienone is 4. The molecule has 0 amide bonds. The molecule has 0 bridgehead atoms. The van der Waals surface area contributed by atoms with Gasteiger partial charge in [0, 0.05) is 6.42 Å². The molecular weight excluding hydrogens is 204 g/mol. The number of carbonyl (C=O) groups excluding carboxylic acids is 3. The lowest BCUT2D eigenvalue weighted by Crippen LogP contribution is -2.11. The second-order valence-electron chi connectivity index (χ2n) is 3.97. The van der Waals surface area contributed by atoms with Crippen molar-refractivity contribution in [3.05, 3.63) is 23.3 Å². The Morgan fingerprint density at radius 1 is 1.00 bits per heavy atom. The maximum atomic E-state index is 11.6. The predicted molar refractivity (Wildman–Crippen MR) is 63.1 cm³/mol. The van der Waals surface area contributed by atoms with E-state index in [0.29, 0.717) is 6.42 Å². The van der Waals surface area contributed by atoms with Gasteiger partial charge < -0.3 is 0 Å². The molecular formula is C13H18O3. The van der Waals surface area contributed by atoms with E-state index in [9.17, 15) is 14.4 Å². The van der Waals surface area contributed by atoms with Crippen LogP contribution in [0.4, 0.5) is 0 Å². The van der Waals surface area contributed by atoms with Crippen molar-refractivity contribution in [2.24, 2.45) is 0 Å². The molecule has 0 unspecified atom stereocenters. The van der Waals surface area contributed by atoms with E-state index in [0.717, 1.165) is 11.6 Å². The number of rotatable bonds is 6. The number of hydrogen-bond acceptors (Lipinski definition) is 3. The molecule has 0 radical (unpaired) electrons. The molecule has 0 rings (SSSR count). The summed E-state index contributed by atoms with van der Waals surface area (Å²) in [6, 6.07) is 0. The van der Waals surface area contributed by atoms with Crippen LogP contribution in [-0.2, 0) is 14.4 Å². The Bertz CT molecular complexity index is 355. The Morgan fingerprint density at radius 2 is 1.56 bits per heavy atom. The minimum absolute atomic E-state index is 0.00894. The molecule has 0 aliphatic heterocycles. The molecule has 0 aromatic heterocycles. The van der Waals surface area contributed by atoms with Gasteiger partial charge in [-0.3, -0.25) is 14.4 Å². The highest BCUT2D eigenvalue weighted by molar-refractivity contribution is 6.22. The van der Waals surface area contributed by atoms with E-state index in [-0.39, 0.29) is 29.3 Å². The highest BCUT2D eigenvalue weighted by atomic mass is 16.2. The minimum Gasteiger partial charge on any atom is -0.295 e. The minimum atomic E-state index is -0.350. The van der Waals surface area contributed by atoms with Crippen LogP contribution in [0.15, 0.2) is 23.3 Å². The zero-order valence-corrected chi connectivity index (χ0v) is 10.3. The quantitative estimate of drug-likeness (QED) is 0.300. The van der Waals surface area contributed by atoms with Crippen LogP contribution in [0.1, 0.15) is 40.5 Å². The summed E-state index contributed by atoms with van der Waals surface area (Å²) in [6.07, 6.45) is 3.92. The van der Waals surface area contributed by atoms with Gasteiger partial charge in [0.25, 0.3) is 0 Å². The lowest BCUT2D eigenvalue weighted by atomic mass is 10.0. The van der Waals surface area contributed by atoms with E-state index < -0.39 is 0 Å². The predicted octanol–water partition coefficient (Wildman–Crippen LogP) is 2.41. The van der Waals surface area contributed by atoms with E-state index in [1.807, 2.05) is 19.9 Å². The third kappa shape index (κ3) is 6.06. The van der Waals surface area contributed by atoms with E-state index in [4.69, 9.17) is 0 Å². The van der Waals surface area contributed by atoms with Gasteiger partial charge in [0.05, 0.1) is 5.57 Å². The summed E-state index contributed by atoms with van der Waals surface area (Å²) in [5.74, 6) is -0.890. The fourth-order valence-electron chi connectivity index (χ4n) is 1.21. The van der Waals surface area contributed by atoms with E-state index in [1.165, 1.54) is 13.8 Å². The summed E-state index contributed by atoms with van der Waals surface area (Å²) in [5.41, 5.74) is 1.14. The number of carbonyl (C=O) groups is 3. The van der Waals surface area contributed by atoms with Crippen molar-refractivity contribution in [2.45, 2.75) is 40.5 Å². The largest absolute Gasteiger partial charge is 0.295 e. The van der Waals surface area contributed by atoms with Crippen LogP contribution in [0.5, 0.6) is 0 Å². The van der Waals surface area contributed by atoms with Gasteiger partial charge in [0.15, 0.2) is 17.3 Å². The smallest absolute Gasteiger partial charge is 0.166 e. The molecule has 3 nitrogen and oxygen atoms in total. The lowest BCUT2D eigenvalue weighted by Gasteiger charge is -2.00. The number of hydrogen-bond donors (Lipinski definition) is 0. The standard InChI is InChI=1S/C13H18O3/c1-9(2)6-5-7-13(16)12(11(4)15)8-10(3)14/h6,8H,5,7H2,1-4H3/b12-8+. The number of ketones is 3. The summed E-state index contributed by atoms with van der Waals surface area (Å²) in [5, 5.41) is 0. The molecule has 3 heteroatoms. The molecule has 0 aromatic carbocycles. The van der Waals surface area contributed by atoms with Gasteiger partial charge in [-0.2, -0.15) is 0 Å². The summed E-state index contributed by atoms with van der Waals surface area (Å²) in [6.45, 7) is 6.52. The molecule has 0 N–H and O–H groups in total. The molecule has 16 heavy (non-hydrogen) atoms. The molecule has 0 aliphatic carbocycles. The van der Waals surface area contributed by atoms with Gasteiger partial charge in [-0.25, -0.2) is 0 Å². The highest BCUT2D eigenvalue weighted by Crippen LogP contribution is 2.06. The normalized spacial score (nSPS) is 10.9. The molecule has 0 atom stereocenters. The third-order valence-corrected chi connectivity index (χ3v) is 1.95. The van der Waals surface area contributed by atoms with Crippen molar-refractivity contribution in [3.8, 4) is 0 Å². The van der Waals surface area contributed by atoms with Crippen LogP contribution in [-0.4, -0.2) is 17.3 Å². The second-order valence-corrected chi connectivity index (χ2v) is 3.97. The summed E-state index contributed by atoms with van der Waals surface area (Å²) >= 11 is 0. The van der Waals surface area contributed by atoms with Gasteiger partial charge in [0.2, 0.25) is 0 Å². The van der Waals surface area contributed by atoms with Crippen LogP contribution >= 0.6 is 0 Å². The Kier molecular flexibility index (Phi) is 6.23. The maximum Gasteiger partial charge on any atom is 0.166 e. The van der Waals surface area contributed by atoms with Gasteiger partial charge in [0.1, 0.15) is 0 Å². The Morgan fingerprint density at radius 3 is 1.94 bits per heavy atom. The fourth-order valence-corrected chi connectivity index (χ4v) is 1.21. The van der Waals surface area contributed by atoms with Gasteiger partial charge in [-0.15, -0.1) is 0 Å². The monoisotopic (exact) mass is 222 g/mol. The second kappa shape index (κ2) is 6.88. The van der Waals surface area contributed by atoms with Crippen LogP contribution in [0.2, 0.25) is 0 Å². The zero-order valence-electron chi connectivity index (χ0n) is 10.3. The molecule has 0 saturated carbocycles. The molecule has 0 spiro atoms. The first kappa shape index (κ1) is 14.5. The van der Waals surface area contributed by atoms with Crippen molar-refractivity contribution in [2.75, 3.05) is 0 Å². The third-order valence-electron chi connectivity index (χ3n) is 1.95. The topological polar surface area (TPSA) is 51.2 Å². The van der Waals surface area contributed by atoms with E-state index in [2.05, 4.69) is 0 Å². The van der Waals surface area contributed by atoms with Crippen molar-refractivity contribution in [3.63, 3.8) is 0 Å². The summed E-state index contributed by atoms with van der Waals surface area (Å²) < 4.78 is 0. The fraction of sp³-hybridized carbons (Fsp3) is 0.462. The van der Waals surface area contributed by atoms with E-state index >= 15 is 0 Å². The Balaban J connectivity index is 4.60. The van der Waals surface area contributed by atoms with Gasteiger partial charge in [-0.1, -0.05) is 11.6 Å². The van der Waals surface area contributed by atoms with Crippen molar-refractivity contribution < 1.29 is 14.4 Å². The maximum absolute atomic E-state index is 11.6. The molecule has 0 heterocycles. The Hall–Kier alpha value is -1.51. The first-order valence-electron chi connectivity index (χ1n) is 5.24. The average molecular weight is 222 g/mol. The van der Waals surface area contributed by atoms with Crippen LogP contribution in [0.25, 0.3) is 0 Å². The first-order chi connectivity index (χ1) is 7.34. The average Bonchev–Trinajstić information content (AvgIpc) is 2.12. The molecule has 88 valence electrons. The molecule has 0 fully saturated rings. The van der Waals surface area contributed by atoms with Crippen LogP contribution in [0, 0.1) is 0 Å². The highest BCUT2D eigenvalue weighted by Gasteiger charge is 2.14. The summed E-state index contributed by atoms with van der Waals surface area (Å²) in [7, 11) is 0. The zero-order chi connectivity index (χ0) is 12.7. The SMILES string of the molecule is CC(=O)/C=C(\C(C)=O)C(=O)CCC=C(C)C. The summed E-state index contributed by atoms with van der Waals surface area (Å²) in [4.78, 5) is 33.6. The molecule has 0 saturated heterocycles.